The number of hydrogen-bond donors (Lipinski definition) is 2. The zero-order valence-electron chi connectivity index (χ0n) is 13.0. The van der Waals surface area contributed by atoms with Crippen molar-refractivity contribution in [1.29, 1.82) is 0 Å². The lowest BCUT2D eigenvalue weighted by molar-refractivity contribution is -0.120. The average molecular weight is 299 g/mol. The highest BCUT2D eigenvalue weighted by molar-refractivity contribution is 5.79. The molecule has 0 unspecified atom stereocenters. The van der Waals surface area contributed by atoms with Crippen molar-refractivity contribution < 1.29 is 9.53 Å². The largest absolute Gasteiger partial charge is 0.488 e. The topological polar surface area (TPSA) is 67.0 Å². The maximum Gasteiger partial charge on any atom is 0.224 e. The van der Waals surface area contributed by atoms with Crippen molar-refractivity contribution in [1.82, 2.24) is 15.5 Å². The summed E-state index contributed by atoms with van der Waals surface area (Å²) in [6.45, 7) is 4.39. The second-order valence-corrected chi connectivity index (χ2v) is 5.78. The molecule has 1 aromatic carbocycles. The van der Waals surface area contributed by atoms with E-state index < -0.39 is 0 Å². The molecule has 0 saturated heterocycles. The number of benzene rings is 1. The van der Waals surface area contributed by atoms with Gasteiger partial charge in [-0.2, -0.15) is 5.10 Å². The Morgan fingerprint density at radius 1 is 1.41 bits per heavy atom. The Hall–Kier alpha value is -2.30. The molecule has 5 nitrogen and oxygen atoms in total. The molecule has 2 heterocycles. The van der Waals surface area contributed by atoms with Gasteiger partial charge in [0.25, 0.3) is 0 Å². The molecule has 1 aliphatic heterocycles. The number of nitrogens with one attached hydrogen (secondary N) is 2. The SMILES string of the molecule is Cc1n[nH]c(C)c1CC(=O)NC[C@H]1CCc2ccccc2O1. The first-order valence-electron chi connectivity index (χ1n) is 7.65. The molecule has 1 aromatic heterocycles. The van der Waals surface area contributed by atoms with Gasteiger partial charge in [0.15, 0.2) is 0 Å². The molecule has 0 fully saturated rings. The monoisotopic (exact) mass is 299 g/mol. The Morgan fingerprint density at radius 2 is 2.23 bits per heavy atom. The molecule has 0 radical (unpaired) electrons. The minimum Gasteiger partial charge on any atom is -0.488 e. The van der Waals surface area contributed by atoms with Crippen LogP contribution in [-0.4, -0.2) is 28.8 Å². The fourth-order valence-corrected chi connectivity index (χ4v) is 2.81. The standard InChI is InChI=1S/C17H21N3O2/c1-11-15(12(2)20-19-11)9-17(21)18-10-14-8-7-13-5-3-4-6-16(13)22-14/h3-6,14H,7-10H2,1-2H3,(H,18,21)(H,19,20)/t14-/m1/s1. The molecule has 0 saturated carbocycles. The third-order valence-electron chi connectivity index (χ3n) is 4.15. The molecule has 0 spiro atoms. The fraction of sp³-hybridized carbons (Fsp3) is 0.412. The Labute approximate surface area is 130 Å². The number of nitrogens with zero attached hydrogens (tertiary/aromatic N) is 1. The van der Waals surface area contributed by atoms with E-state index in [1.54, 1.807) is 0 Å². The van der Waals surface area contributed by atoms with Gasteiger partial charge < -0.3 is 10.1 Å². The van der Waals surface area contributed by atoms with Gasteiger partial charge in [0.1, 0.15) is 11.9 Å². The van der Waals surface area contributed by atoms with Gasteiger partial charge in [-0.1, -0.05) is 18.2 Å². The van der Waals surface area contributed by atoms with E-state index in [0.29, 0.717) is 13.0 Å². The van der Waals surface area contributed by atoms with Crippen LogP contribution in [0.5, 0.6) is 5.75 Å². The van der Waals surface area contributed by atoms with Crippen LogP contribution in [0.1, 0.15) is 28.9 Å². The molecule has 1 aliphatic rings. The molecular weight excluding hydrogens is 278 g/mol. The van der Waals surface area contributed by atoms with Gasteiger partial charge in [-0.05, 0) is 38.3 Å². The maximum atomic E-state index is 12.1. The van der Waals surface area contributed by atoms with Gasteiger partial charge in [0.05, 0.1) is 18.7 Å². The summed E-state index contributed by atoms with van der Waals surface area (Å²) in [7, 11) is 0. The number of carbonyl (C=O) groups is 1. The van der Waals surface area contributed by atoms with Gasteiger partial charge in [-0.15, -0.1) is 0 Å². The highest BCUT2D eigenvalue weighted by Gasteiger charge is 2.20. The summed E-state index contributed by atoms with van der Waals surface area (Å²) < 4.78 is 5.93. The van der Waals surface area contributed by atoms with Crippen LogP contribution in [0, 0.1) is 13.8 Å². The molecule has 0 bridgehead atoms. The highest BCUT2D eigenvalue weighted by Crippen LogP contribution is 2.26. The molecule has 116 valence electrons. The molecule has 1 atom stereocenters. The number of ether oxygens (including phenoxy) is 1. The van der Waals surface area contributed by atoms with Crippen LogP contribution < -0.4 is 10.1 Å². The van der Waals surface area contributed by atoms with Gasteiger partial charge in [-0.25, -0.2) is 0 Å². The highest BCUT2D eigenvalue weighted by atomic mass is 16.5. The van der Waals surface area contributed by atoms with E-state index >= 15 is 0 Å². The Morgan fingerprint density at radius 3 is 3.00 bits per heavy atom. The maximum absolute atomic E-state index is 12.1. The van der Waals surface area contributed by atoms with Crippen LogP contribution in [0.25, 0.3) is 0 Å². The average Bonchev–Trinajstić information content (AvgIpc) is 2.84. The number of carbonyl (C=O) groups excluding carboxylic acids is 1. The predicted octanol–water partition coefficient (Wildman–Crippen LogP) is 2.08. The molecule has 2 aromatic rings. The Balaban J connectivity index is 1.52. The molecule has 5 heteroatoms. The number of H-pyrrole nitrogens is 1. The van der Waals surface area contributed by atoms with E-state index in [2.05, 4.69) is 21.6 Å². The molecule has 1 amide bonds. The van der Waals surface area contributed by atoms with Crippen LogP contribution in [-0.2, 0) is 17.6 Å². The van der Waals surface area contributed by atoms with Crippen LogP contribution in [0.15, 0.2) is 24.3 Å². The van der Waals surface area contributed by atoms with Crippen molar-refractivity contribution in [3.8, 4) is 5.75 Å². The summed E-state index contributed by atoms with van der Waals surface area (Å²) in [5.41, 5.74) is 4.06. The van der Waals surface area contributed by atoms with Crippen LogP contribution in [0.3, 0.4) is 0 Å². The minimum absolute atomic E-state index is 0.00931. The van der Waals surface area contributed by atoms with Gasteiger partial charge in [-0.3, -0.25) is 9.89 Å². The van der Waals surface area contributed by atoms with E-state index in [1.807, 2.05) is 32.0 Å². The molecule has 0 aliphatic carbocycles. The summed E-state index contributed by atoms with van der Waals surface area (Å²) in [5, 5.41) is 9.99. The lowest BCUT2D eigenvalue weighted by atomic mass is 10.0. The third kappa shape index (κ3) is 3.13. The summed E-state index contributed by atoms with van der Waals surface area (Å²) in [4.78, 5) is 12.1. The number of aromatic amines is 1. The van der Waals surface area contributed by atoms with Gasteiger partial charge in [0.2, 0.25) is 5.91 Å². The van der Waals surface area contributed by atoms with Crippen molar-refractivity contribution in [2.75, 3.05) is 6.54 Å². The lowest BCUT2D eigenvalue weighted by Gasteiger charge is -2.26. The van der Waals surface area contributed by atoms with Crippen molar-refractivity contribution in [3.05, 3.63) is 46.8 Å². The normalized spacial score (nSPS) is 16.7. The fourth-order valence-electron chi connectivity index (χ4n) is 2.81. The van der Waals surface area contributed by atoms with E-state index in [-0.39, 0.29) is 12.0 Å². The second kappa shape index (κ2) is 6.22. The summed E-state index contributed by atoms with van der Waals surface area (Å²) >= 11 is 0. The van der Waals surface area contributed by atoms with Crippen molar-refractivity contribution >= 4 is 5.91 Å². The molecule has 2 N–H and O–H groups in total. The second-order valence-electron chi connectivity index (χ2n) is 5.78. The van der Waals surface area contributed by atoms with Gasteiger partial charge in [0, 0.05) is 11.3 Å². The van der Waals surface area contributed by atoms with Crippen LogP contribution in [0.4, 0.5) is 0 Å². The van der Waals surface area contributed by atoms with E-state index in [0.717, 1.165) is 35.5 Å². The van der Waals surface area contributed by atoms with E-state index in [1.165, 1.54) is 5.56 Å². The third-order valence-corrected chi connectivity index (χ3v) is 4.15. The summed E-state index contributed by atoms with van der Waals surface area (Å²) in [6.07, 6.45) is 2.33. The summed E-state index contributed by atoms with van der Waals surface area (Å²) in [5.74, 6) is 0.949. The zero-order valence-corrected chi connectivity index (χ0v) is 13.0. The van der Waals surface area contributed by atoms with Crippen molar-refractivity contribution in [2.24, 2.45) is 0 Å². The number of rotatable bonds is 4. The number of aromatic nitrogens is 2. The first kappa shape index (κ1) is 14.6. The Bertz CT molecular complexity index is 659. The van der Waals surface area contributed by atoms with Crippen molar-refractivity contribution in [2.45, 2.75) is 39.2 Å². The predicted molar refractivity (Wildman–Crippen MR) is 84.0 cm³/mol. The van der Waals surface area contributed by atoms with Gasteiger partial charge >= 0.3 is 0 Å². The minimum atomic E-state index is 0.00931. The first-order valence-corrected chi connectivity index (χ1v) is 7.65. The number of hydrogen-bond acceptors (Lipinski definition) is 3. The number of para-hydroxylation sites is 1. The van der Waals surface area contributed by atoms with E-state index in [9.17, 15) is 4.79 Å². The molecular formula is C17H21N3O2. The Kier molecular flexibility index (Phi) is 4.13. The molecule has 3 rings (SSSR count). The number of amides is 1. The zero-order chi connectivity index (χ0) is 15.5. The van der Waals surface area contributed by atoms with Crippen LogP contribution >= 0.6 is 0 Å². The molecule has 22 heavy (non-hydrogen) atoms. The number of aryl methyl sites for hydroxylation is 3. The first-order chi connectivity index (χ1) is 10.6. The lowest BCUT2D eigenvalue weighted by Crippen LogP contribution is -2.38. The number of fused-ring (bicyclic) bond motifs is 1. The van der Waals surface area contributed by atoms with Crippen molar-refractivity contribution in [3.63, 3.8) is 0 Å². The summed E-state index contributed by atoms with van der Waals surface area (Å²) in [6, 6.07) is 8.08. The quantitative estimate of drug-likeness (QED) is 0.908. The van der Waals surface area contributed by atoms with E-state index in [4.69, 9.17) is 4.74 Å². The van der Waals surface area contributed by atoms with Crippen LogP contribution in [0.2, 0.25) is 0 Å². The smallest absolute Gasteiger partial charge is 0.224 e.